The number of benzene rings is 3. The Morgan fingerprint density at radius 1 is 0.891 bits per heavy atom. The molecule has 1 heterocycles. The van der Waals surface area contributed by atoms with Crippen LogP contribution in [0.4, 0.5) is 13.2 Å². The van der Waals surface area contributed by atoms with E-state index in [2.05, 4.69) is 5.32 Å². The van der Waals surface area contributed by atoms with Crippen LogP contribution in [0.1, 0.15) is 51.4 Å². The van der Waals surface area contributed by atoms with E-state index in [1.54, 1.807) is 23.6 Å². The normalized spacial score (nSPS) is 11.5. The van der Waals surface area contributed by atoms with Gasteiger partial charge in [-0.1, -0.05) is 38.1 Å². The average molecular weight is 659 g/mol. The van der Waals surface area contributed by atoms with E-state index in [1.807, 2.05) is 13.8 Å². The summed E-state index contributed by atoms with van der Waals surface area (Å²) in [4.78, 5) is 33.7. The van der Waals surface area contributed by atoms with Crippen LogP contribution in [-0.4, -0.2) is 53.8 Å². The van der Waals surface area contributed by atoms with Crippen molar-refractivity contribution in [1.29, 1.82) is 0 Å². The number of rotatable bonds is 9. The number of hydrogen-bond donors (Lipinski definition) is 3. The van der Waals surface area contributed by atoms with Gasteiger partial charge in [0.15, 0.2) is 9.84 Å². The van der Waals surface area contributed by atoms with E-state index in [0.29, 0.717) is 23.5 Å². The number of aromatic carboxylic acids is 2. The van der Waals surface area contributed by atoms with Gasteiger partial charge in [-0.25, -0.2) is 18.0 Å². The molecule has 13 heteroatoms. The number of alkyl halides is 3. The van der Waals surface area contributed by atoms with E-state index in [1.165, 1.54) is 54.6 Å². The van der Waals surface area contributed by atoms with Crippen molar-refractivity contribution < 1.29 is 46.2 Å². The van der Waals surface area contributed by atoms with Crippen molar-refractivity contribution in [3.8, 4) is 16.9 Å². The van der Waals surface area contributed by atoms with Gasteiger partial charge >= 0.3 is 18.1 Å². The summed E-state index contributed by atoms with van der Waals surface area (Å²) >= 11 is 0. The molecule has 4 rings (SSSR count). The molecule has 0 saturated carbocycles. The zero-order valence-corrected chi connectivity index (χ0v) is 26.2. The molecule has 0 bridgehead atoms. The standard InChI is InChI=1S/C24H25F3N2O3S.C9H8O4/c1-16(2)15-28-23(30)14-18-10-13-22(20-6-4-5-7-21(20)24(25,26)27)29(18)17-8-11-19(12-9-17)33(3,31)32;1-5-2-3-6(8(10)11)4-7(5)9(12)13/h4-13,16H,14-15H2,1-3H3,(H,28,30);2-4H,1H3,(H,10,11)(H,12,13). The van der Waals surface area contributed by atoms with Crippen molar-refractivity contribution >= 4 is 27.7 Å². The molecule has 1 aromatic heterocycles. The molecule has 0 fully saturated rings. The average Bonchev–Trinajstić information content (AvgIpc) is 3.38. The van der Waals surface area contributed by atoms with Crippen molar-refractivity contribution in [2.45, 2.75) is 38.3 Å². The minimum Gasteiger partial charge on any atom is -0.478 e. The third-order valence-corrected chi connectivity index (χ3v) is 7.89. The van der Waals surface area contributed by atoms with E-state index >= 15 is 0 Å². The number of aryl methyl sites for hydroxylation is 1. The molecular formula is C33H33F3N2O7S. The van der Waals surface area contributed by atoms with Gasteiger partial charge in [0.05, 0.1) is 33.7 Å². The lowest BCUT2D eigenvalue weighted by Gasteiger charge is -2.18. The van der Waals surface area contributed by atoms with E-state index in [4.69, 9.17) is 10.2 Å². The van der Waals surface area contributed by atoms with Crippen LogP contribution in [0.5, 0.6) is 0 Å². The van der Waals surface area contributed by atoms with Crippen LogP contribution in [0.3, 0.4) is 0 Å². The van der Waals surface area contributed by atoms with Gasteiger partial charge in [-0.2, -0.15) is 13.2 Å². The molecule has 0 aliphatic heterocycles. The largest absolute Gasteiger partial charge is 0.478 e. The zero-order chi connectivity index (χ0) is 34.4. The van der Waals surface area contributed by atoms with Gasteiger partial charge in [0.25, 0.3) is 0 Å². The van der Waals surface area contributed by atoms with E-state index in [0.717, 1.165) is 18.4 Å². The fourth-order valence-electron chi connectivity index (χ4n) is 4.46. The van der Waals surface area contributed by atoms with E-state index in [-0.39, 0.29) is 45.5 Å². The van der Waals surface area contributed by atoms with Gasteiger partial charge in [-0.05, 0) is 73.0 Å². The lowest BCUT2D eigenvalue weighted by molar-refractivity contribution is -0.137. The smallest absolute Gasteiger partial charge is 0.417 e. The summed E-state index contributed by atoms with van der Waals surface area (Å²) in [6.07, 6.45) is -3.54. The van der Waals surface area contributed by atoms with Crippen molar-refractivity contribution in [3.63, 3.8) is 0 Å². The fraction of sp³-hybridized carbons (Fsp3) is 0.242. The molecule has 0 aliphatic carbocycles. The van der Waals surface area contributed by atoms with E-state index < -0.39 is 33.5 Å². The number of nitrogens with zero attached hydrogens (tertiary/aromatic N) is 1. The maximum absolute atomic E-state index is 13.7. The molecule has 9 nitrogen and oxygen atoms in total. The van der Waals surface area contributed by atoms with Crippen molar-refractivity contribution in [1.82, 2.24) is 9.88 Å². The van der Waals surface area contributed by atoms with Crippen LogP contribution in [0.25, 0.3) is 16.9 Å². The predicted molar refractivity (Wildman–Crippen MR) is 166 cm³/mol. The van der Waals surface area contributed by atoms with Crippen LogP contribution >= 0.6 is 0 Å². The van der Waals surface area contributed by atoms with Gasteiger partial charge in [0.2, 0.25) is 5.91 Å². The molecular weight excluding hydrogens is 625 g/mol. The number of hydrogen-bond acceptors (Lipinski definition) is 5. The first-order valence-electron chi connectivity index (χ1n) is 13.9. The fourth-order valence-corrected chi connectivity index (χ4v) is 5.09. The molecule has 4 aromatic rings. The Kier molecular flexibility index (Phi) is 11.2. The summed E-state index contributed by atoms with van der Waals surface area (Å²) in [5, 5.41) is 20.1. The third-order valence-electron chi connectivity index (χ3n) is 6.76. The SMILES string of the molecule is CC(C)CNC(=O)Cc1ccc(-c2ccccc2C(F)(F)F)n1-c1ccc(S(C)(=O)=O)cc1.Cc1ccc(C(=O)O)cc1C(=O)O. The number of sulfone groups is 1. The summed E-state index contributed by atoms with van der Waals surface area (Å²) < 4.78 is 66.3. The second-order valence-corrected chi connectivity index (χ2v) is 12.9. The maximum atomic E-state index is 13.7. The first kappa shape index (κ1) is 35.6. The highest BCUT2D eigenvalue weighted by Gasteiger charge is 2.34. The number of carboxylic acids is 2. The Hall–Kier alpha value is -4.91. The van der Waals surface area contributed by atoms with Crippen LogP contribution in [0.2, 0.25) is 0 Å². The maximum Gasteiger partial charge on any atom is 0.417 e. The Balaban J connectivity index is 0.000000370. The summed E-state index contributed by atoms with van der Waals surface area (Å²) in [5.41, 5.74) is 0.919. The van der Waals surface area contributed by atoms with Crippen molar-refractivity contribution in [3.05, 3.63) is 107 Å². The zero-order valence-electron chi connectivity index (χ0n) is 25.4. The van der Waals surface area contributed by atoms with Crippen LogP contribution in [0.15, 0.2) is 83.8 Å². The predicted octanol–water partition coefficient (Wildman–Crippen LogP) is 6.27. The first-order valence-corrected chi connectivity index (χ1v) is 15.8. The summed E-state index contributed by atoms with van der Waals surface area (Å²) in [6, 6.07) is 18.2. The van der Waals surface area contributed by atoms with Gasteiger partial charge in [0.1, 0.15) is 0 Å². The first-order chi connectivity index (χ1) is 21.4. The second kappa shape index (κ2) is 14.5. The number of amides is 1. The molecule has 0 unspecified atom stereocenters. The van der Waals surface area contributed by atoms with Gasteiger partial charge < -0.3 is 20.1 Å². The molecule has 0 spiro atoms. The van der Waals surface area contributed by atoms with Gasteiger partial charge in [0, 0.05) is 29.7 Å². The number of halogens is 3. The number of nitrogens with one attached hydrogen (secondary N) is 1. The summed E-state index contributed by atoms with van der Waals surface area (Å²) in [5.74, 6) is -2.24. The summed E-state index contributed by atoms with van der Waals surface area (Å²) in [6.45, 7) is 6.01. The van der Waals surface area contributed by atoms with E-state index in [9.17, 15) is 36.0 Å². The molecule has 0 saturated heterocycles. The third kappa shape index (κ3) is 9.07. The molecule has 3 N–H and O–H groups in total. The lowest BCUT2D eigenvalue weighted by Crippen LogP contribution is -2.29. The Bertz CT molecular complexity index is 1850. The Morgan fingerprint density at radius 2 is 1.52 bits per heavy atom. The molecule has 3 aromatic carbocycles. The molecule has 0 radical (unpaired) electrons. The Morgan fingerprint density at radius 3 is 2.07 bits per heavy atom. The highest BCUT2D eigenvalue weighted by atomic mass is 32.2. The minimum absolute atomic E-state index is 0.0111. The molecule has 244 valence electrons. The monoisotopic (exact) mass is 658 g/mol. The van der Waals surface area contributed by atoms with Crippen LogP contribution in [0, 0.1) is 12.8 Å². The second-order valence-electron chi connectivity index (χ2n) is 10.9. The number of carboxylic acid groups (broad SMARTS) is 2. The van der Waals surface area contributed by atoms with Crippen LogP contribution in [-0.2, 0) is 27.2 Å². The molecule has 0 aliphatic rings. The molecule has 46 heavy (non-hydrogen) atoms. The summed E-state index contributed by atoms with van der Waals surface area (Å²) in [7, 11) is -3.44. The number of carbonyl (C=O) groups excluding carboxylic acids is 1. The van der Waals surface area contributed by atoms with Crippen molar-refractivity contribution in [2.24, 2.45) is 5.92 Å². The Labute approximate surface area is 264 Å². The number of aromatic nitrogens is 1. The molecule has 1 amide bonds. The number of carbonyl (C=O) groups is 3. The quantitative estimate of drug-likeness (QED) is 0.192. The van der Waals surface area contributed by atoms with Crippen molar-refractivity contribution in [2.75, 3.05) is 12.8 Å². The highest BCUT2D eigenvalue weighted by Crippen LogP contribution is 2.38. The van der Waals surface area contributed by atoms with Gasteiger partial charge in [-0.3, -0.25) is 4.79 Å². The minimum atomic E-state index is -4.57. The lowest BCUT2D eigenvalue weighted by atomic mass is 10.0. The highest BCUT2D eigenvalue weighted by molar-refractivity contribution is 7.90. The topological polar surface area (TPSA) is 143 Å². The molecule has 0 atom stereocenters. The van der Waals surface area contributed by atoms with Gasteiger partial charge in [-0.15, -0.1) is 0 Å². The van der Waals surface area contributed by atoms with Crippen LogP contribution < -0.4 is 5.32 Å².